The van der Waals surface area contributed by atoms with Gasteiger partial charge in [-0.1, -0.05) is 43.2 Å². The lowest BCUT2D eigenvalue weighted by Gasteiger charge is -2.28. The minimum Gasteiger partial charge on any atom is -0.495 e. The summed E-state index contributed by atoms with van der Waals surface area (Å²) in [5, 5.41) is 17.9. The number of anilines is 2. The van der Waals surface area contributed by atoms with Crippen molar-refractivity contribution in [2.75, 3.05) is 17.7 Å². The van der Waals surface area contributed by atoms with Crippen molar-refractivity contribution in [1.82, 2.24) is 20.1 Å². The molecule has 5 rings (SSSR count). The number of carboxylic acids is 1. The van der Waals surface area contributed by atoms with Crippen LogP contribution in [0.4, 0.5) is 21.0 Å². The molecule has 13 heteroatoms. The molecule has 2 heterocycles. The van der Waals surface area contributed by atoms with Crippen molar-refractivity contribution in [3.63, 3.8) is 0 Å². The van der Waals surface area contributed by atoms with Gasteiger partial charge in [-0.2, -0.15) is 0 Å². The Kier molecular flexibility index (Phi) is 9.97. The summed E-state index contributed by atoms with van der Waals surface area (Å²) in [5.74, 6) is -1.75. The van der Waals surface area contributed by atoms with Crippen LogP contribution in [-0.4, -0.2) is 68.4 Å². The summed E-state index contributed by atoms with van der Waals surface area (Å²) < 4.78 is 5.54. The number of methoxy groups -OCH3 is 1. The van der Waals surface area contributed by atoms with Crippen molar-refractivity contribution in [3.8, 4) is 5.75 Å². The lowest BCUT2D eigenvalue weighted by atomic mass is 10.0. The van der Waals surface area contributed by atoms with Crippen LogP contribution in [-0.2, 0) is 20.9 Å². The summed E-state index contributed by atoms with van der Waals surface area (Å²) in [7, 11) is 1.46. The molecule has 1 saturated carbocycles. The van der Waals surface area contributed by atoms with E-state index in [-0.39, 0.29) is 18.9 Å². The first-order valence-corrected chi connectivity index (χ1v) is 15.8. The molecule has 2 aliphatic rings. The Morgan fingerprint density at radius 3 is 2.38 bits per heavy atom. The maximum absolute atomic E-state index is 14.0. The summed E-state index contributed by atoms with van der Waals surface area (Å²) in [5.41, 5.74) is 1.67. The molecule has 2 fully saturated rings. The zero-order valence-corrected chi connectivity index (χ0v) is 27.4. The maximum Gasteiger partial charge on any atom is 0.328 e. The lowest BCUT2D eigenvalue weighted by molar-refractivity contribution is -0.140. The van der Waals surface area contributed by atoms with Gasteiger partial charge in [-0.3, -0.25) is 19.4 Å². The highest BCUT2D eigenvalue weighted by molar-refractivity contribution is 6.09. The first-order chi connectivity index (χ1) is 22.9. The van der Waals surface area contributed by atoms with Gasteiger partial charge in [-0.15, -0.1) is 0 Å². The molecule has 4 N–H and O–H groups in total. The number of carbonyl (C=O) groups excluding carboxylic acids is 4. The number of nitrogens with zero attached hydrogens (tertiary/aromatic N) is 3. The molecule has 1 aliphatic heterocycles. The van der Waals surface area contributed by atoms with Gasteiger partial charge in [0.2, 0.25) is 5.91 Å². The van der Waals surface area contributed by atoms with Gasteiger partial charge in [-0.05, 0) is 74.6 Å². The third kappa shape index (κ3) is 7.56. The van der Waals surface area contributed by atoms with Crippen LogP contribution in [0.1, 0.15) is 62.4 Å². The topological polar surface area (TPSA) is 170 Å². The van der Waals surface area contributed by atoms with Gasteiger partial charge in [0, 0.05) is 18.4 Å². The van der Waals surface area contributed by atoms with E-state index in [0.29, 0.717) is 28.4 Å². The molecule has 1 saturated heterocycles. The molecule has 2 unspecified atom stereocenters. The first kappa shape index (κ1) is 33.9. The number of carbonyl (C=O) groups is 5. The minimum atomic E-state index is -1.29. The maximum atomic E-state index is 14.0. The molecular weight excluding hydrogens is 616 g/mol. The third-order valence-electron chi connectivity index (χ3n) is 8.71. The standard InChI is InChI=1S/C35H40N6O7/c1-21-9-5-6-10-24(21)38-33(46)39-26-15-14-23(18-29(26)48-4)20-40-34(47)41(32(45)35(40,2)3)28(17-22-12-13-22)31(44)37-27(19-30(42)43)25-11-7-8-16-36-25/h5-11,14-16,18,22,27-28H,12-13,17,19-20H2,1-4H3,(H,37,44)(H,42,43)(H2,38,39,46). The number of aryl methyl sites for hydroxylation is 1. The second-order valence-corrected chi connectivity index (χ2v) is 12.6. The van der Waals surface area contributed by atoms with Gasteiger partial charge in [0.1, 0.15) is 17.3 Å². The lowest BCUT2D eigenvalue weighted by Crippen LogP contribution is -2.52. The van der Waals surface area contributed by atoms with Crippen LogP contribution < -0.4 is 20.7 Å². The summed E-state index contributed by atoms with van der Waals surface area (Å²) in [6.45, 7) is 5.16. The molecule has 0 bridgehead atoms. The Morgan fingerprint density at radius 2 is 1.73 bits per heavy atom. The van der Waals surface area contributed by atoms with Crippen LogP contribution in [0.15, 0.2) is 66.9 Å². The Hall–Kier alpha value is -5.46. The monoisotopic (exact) mass is 656 g/mol. The fraction of sp³-hybridized carbons (Fsp3) is 0.371. The van der Waals surface area contributed by atoms with E-state index in [4.69, 9.17) is 4.74 Å². The summed E-state index contributed by atoms with van der Waals surface area (Å²) in [6, 6.07) is 14.3. The Balaban J connectivity index is 1.34. The number of para-hydroxylation sites is 1. The molecule has 0 spiro atoms. The Labute approximate surface area is 278 Å². The largest absolute Gasteiger partial charge is 0.495 e. The molecule has 3 aromatic rings. The predicted molar refractivity (Wildman–Crippen MR) is 177 cm³/mol. The van der Waals surface area contributed by atoms with Gasteiger partial charge in [0.15, 0.2) is 0 Å². The van der Waals surface area contributed by atoms with Crippen molar-refractivity contribution in [2.45, 2.75) is 70.6 Å². The third-order valence-corrected chi connectivity index (χ3v) is 8.71. The number of nitrogens with one attached hydrogen (secondary N) is 3. The number of ether oxygens (including phenoxy) is 1. The van der Waals surface area contributed by atoms with Crippen molar-refractivity contribution in [3.05, 3.63) is 83.7 Å². The molecule has 6 amide bonds. The van der Waals surface area contributed by atoms with Crippen LogP contribution in [0.5, 0.6) is 5.75 Å². The molecule has 1 aliphatic carbocycles. The van der Waals surface area contributed by atoms with E-state index in [2.05, 4.69) is 20.9 Å². The summed E-state index contributed by atoms with van der Waals surface area (Å²) in [4.78, 5) is 72.8. The highest BCUT2D eigenvalue weighted by Crippen LogP contribution is 2.39. The van der Waals surface area contributed by atoms with Gasteiger partial charge >= 0.3 is 18.0 Å². The molecule has 48 heavy (non-hydrogen) atoms. The Morgan fingerprint density at radius 1 is 1.02 bits per heavy atom. The molecular formula is C35H40N6O7. The highest BCUT2D eigenvalue weighted by Gasteiger charge is 2.55. The van der Waals surface area contributed by atoms with E-state index in [1.807, 2.05) is 25.1 Å². The molecule has 2 aromatic carbocycles. The average Bonchev–Trinajstić information content (AvgIpc) is 3.86. The number of amides is 6. The van der Waals surface area contributed by atoms with Gasteiger partial charge in [0.25, 0.3) is 5.91 Å². The van der Waals surface area contributed by atoms with Crippen LogP contribution in [0, 0.1) is 12.8 Å². The minimum absolute atomic E-state index is 0.0213. The number of hydrogen-bond donors (Lipinski definition) is 4. The molecule has 1 aromatic heterocycles. The zero-order chi connectivity index (χ0) is 34.6. The van der Waals surface area contributed by atoms with Gasteiger partial charge in [-0.25, -0.2) is 14.5 Å². The van der Waals surface area contributed by atoms with E-state index in [1.165, 1.54) is 18.2 Å². The predicted octanol–water partition coefficient (Wildman–Crippen LogP) is 5.09. The van der Waals surface area contributed by atoms with E-state index in [0.717, 1.165) is 23.3 Å². The second kappa shape index (κ2) is 14.1. The number of hydrogen-bond acceptors (Lipinski definition) is 7. The van der Waals surface area contributed by atoms with Crippen LogP contribution in [0.3, 0.4) is 0 Å². The van der Waals surface area contributed by atoms with Crippen molar-refractivity contribution < 1.29 is 33.8 Å². The summed E-state index contributed by atoms with van der Waals surface area (Å²) >= 11 is 0. The number of carboxylic acid groups (broad SMARTS) is 1. The zero-order valence-electron chi connectivity index (χ0n) is 27.4. The highest BCUT2D eigenvalue weighted by atomic mass is 16.5. The number of aliphatic carboxylic acids is 1. The number of imide groups is 1. The number of aromatic nitrogens is 1. The van der Waals surface area contributed by atoms with E-state index >= 15 is 0 Å². The quantitative estimate of drug-likeness (QED) is 0.185. The second-order valence-electron chi connectivity index (χ2n) is 12.6. The van der Waals surface area contributed by atoms with E-state index in [9.17, 15) is 29.1 Å². The summed E-state index contributed by atoms with van der Waals surface area (Å²) in [6.07, 6.45) is 3.10. The van der Waals surface area contributed by atoms with Crippen LogP contribution in [0.2, 0.25) is 0 Å². The van der Waals surface area contributed by atoms with Crippen LogP contribution in [0.25, 0.3) is 0 Å². The Bertz CT molecular complexity index is 1710. The molecule has 0 radical (unpaired) electrons. The van der Waals surface area contributed by atoms with E-state index in [1.54, 1.807) is 56.3 Å². The fourth-order valence-electron chi connectivity index (χ4n) is 5.77. The van der Waals surface area contributed by atoms with Gasteiger partial charge in [0.05, 0.1) is 31.0 Å². The number of pyridine rings is 1. The van der Waals surface area contributed by atoms with Crippen molar-refractivity contribution in [1.29, 1.82) is 0 Å². The molecule has 252 valence electrons. The fourth-order valence-corrected chi connectivity index (χ4v) is 5.77. The van der Waals surface area contributed by atoms with E-state index < -0.39 is 53.9 Å². The van der Waals surface area contributed by atoms with Crippen molar-refractivity contribution >= 4 is 41.2 Å². The smallest absolute Gasteiger partial charge is 0.328 e. The number of rotatable bonds is 13. The average molecular weight is 657 g/mol. The SMILES string of the molecule is COc1cc(CN2C(=O)N(C(CC3CC3)C(=O)NC(CC(=O)O)c3ccccn3)C(=O)C2(C)C)ccc1NC(=O)Nc1ccccc1C. The normalized spacial score (nSPS) is 16.7. The van der Waals surface area contributed by atoms with Gasteiger partial charge < -0.3 is 30.7 Å². The van der Waals surface area contributed by atoms with Crippen LogP contribution >= 0.6 is 0 Å². The molecule has 13 nitrogen and oxygen atoms in total. The number of benzene rings is 2. The number of urea groups is 2. The first-order valence-electron chi connectivity index (χ1n) is 15.8. The van der Waals surface area contributed by atoms with Crippen molar-refractivity contribution in [2.24, 2.45) is 5.92 Å². The molecule has 2 atom stereocenters.